The Labute approximate surface area is 250 Å². The molecule has 3 atom stereocenters. The summed E-state index contributed by atoms with van der Waals surface area (Å²) in [4.78, 5) is 27.7. The van der Waals surface area contributed by atoms with Gasteiger partial charge in [-0.1, -0.05) is 13.0 Å². The lowest BCUT2D eigenvalue weighted by atomic mass is 9.71. The van der Waals surface area contributed by atoms with Gasteiger partial charge < -0.3 is 29.0 Å². The zero-order valence-electron chi connectivity index (χ0n) is 24.7. The van der Waals surface area contributed by atoms with E-state index >= 15 is 0 Å². The average Bonchev–Trinajstić information content (AvgIpc) is 2.95. The van der Waals surface area contributed by atoms with Crippen molar-refractivity contribution < 1.29 is 33.3 Å². The minimum Gasteiger partial charge on any atom is -0.493 e. The molecule has 8 nitrogen and oxygen atoms in total. The van der Waals surface area contributed by atoms with Gasteiger partial charge in [0.15, 0.2) is 28.8 Å². The molecule has 1 aliphatic heterocycles. The Kier molecular flexibility index (Phi) is 9.68. The third-order valence-electron chi connectivity index (χ3n) is 7.68. The van der Waals surface area contributed by atoms with Crippen LogP contribution in [0.5, 0.6) is 23.0 Å². The van der Waals surface area contributed by atoms with Crippen LogP contribution in [0.3, 0.4) is 0 Å². The van der Waals surface area contributed by atoms with E-state index in [1.54, 1.807) is 21.3 Å². The Morgan fingerprint density at radius 3 is 2.34 bits per heavy atom. The number of rotatable bonds is 10. The van der Waals surface area contributed by atoms with E-state index < -0.39 is 11.9 Å². The van der Waals surface area contributed by atoms with Crippen LogP contribution in [0.25, 0.3) is 0 Å². The highest BCUT2D eigenvalue weighted by Crippen LogP contribution is 2.49. The first-order valence-electron chi connectivity index (χ1n) is 13.8. The normalized spacial score (nSPS) is 19.3. The van der Waals surface area contributed by atoms with Gasteiger partial charge in [-0.25, -0.2) is 4.79 Å². The van der Waals surface area contributed by atoms with Crippen molar-refractivity contribution >= 4 is 27.7 Å². The Balaban J connectivity index is 1.84. The van der Waals surface area contributed by atoms with Crippen LogP contribution in [-0.4, -0.2) is 45.8 Å². The molecule has 41 heavy (non-hydrogen) atoms. The van der Waals surface area contributed by atoms with Crippen LogP contribution < -0.4 is 24.3 Å². The van der Waals surface area contributed by atoms with Gasteiger partial charge in [0.2, 0.25) is 0 Å². The predicted molar refractivity (Wildman–Crippen MR) is 160 cm³/mol. The third-order valence-corrected chi connectivity index (χ3v) is 8.27. The van der Waals surface area contributed by atoms with Crippen LogP contribution in [0, 0.1) is 0 Å². The molecule has 2 aromatic rings. The van der Waals surface area contributed by atoms with Gasteiger partial charge >= 0.3 is 5.97 Å². The molecule has 0 saturated heterocycles. The number of carbonyl (C=O) groups excluding carboxylic acids is 2. The zero-order valence-corrected chi connectivity index (χ0v) is 26.3. The predicted octanol–water partition coefficient (Wildman–Crippen LogP) is 6.58. The van der Waals surface area contributed by atoms with Gasteiger partial charge in [0.1, 0.15) is 0 Å². The number of ketones is 1. The van der Waals surface area contributed by atoms with Crippen LogP contribution in [0.15, 0.2) is 57.3 Å². The molecule has 0 saturated carbocycles. The average molecular weight is 629 g/mol. The number of benzene rings is 2. The summed E-state index contributed by atoms with van der Waals surface area (Å²) in [6, 6.07) is 9.50. The molecule has 1 heterocycles. The summed E-state index contributed by atoms with van der Waals surface area (Å²) in [7, 11) is 4.77. The summed E-state index contributed by atoms with van der Waals surface area (Å²) in [5.41, 5.74) is 4.17. The number of ether oxygens (including phenoxy) is 5. The number of hydrogen-bond donors (Lipinski definition) is 1. The van der Waals surface area contributed by atoms with E-state index in [4.69, 9.17) is 23.7 Å². The van der Waals surface area contributed by atoms with E-state index in [-0.39, 0.29) is 24.2 Å². The van der Waals surface area contributed by atoms with Gasteiger partial charge in [-0.05, 0) is 90.9 Å². The minimum atomic E-state index is -0.636. The summed E-state index contributed by atoms with van der Waals surface area (Å²) in [6.07, 6.45) is 1.29. The maximum absolute atomic E-state index is 14.0. The standard InChI is InChI=1S/C32H38BrNO7/c1-8-17(3)41-32(36)28-18(4)34-23-13-20(19-10-11-25(37-5)26(15-19)38-6)14-24(35)30(23)29(28)21-12-22(33)31(39-7)27(16-21)40-9-2/h10-12,15-17,20,29,34H,8-9,13-14H2,1-7H3/t17-,20+,29-/m1/s1. The summed E-state index contributed by atoms with van der Waals surface area (Å²) in [5.74, 6) is 1.14. The Hall–Kier alpha value is -3.46. The van der Waals surface area contributed by atoms with Crippen LogP contribution >= 0.6 is 15.9 Å². The van der Waals surface area contributed by atoms with Crippen molar-refractivity contribution in [2.75, 3.05) is 27.9 Å². The van der Waals surface area contributed by atoms with E-state index in [0.29, 0.717) is 63.8 Å². The van der Waals surface area contributed by atoms with Gasteiger partial charge in [0.25, 0.3) is 0 Å². The number of carbonyl (C=O) groups is 2. The van der Waals surface area contributed by atoms with Crippen molar-refractivity contribution in [3.05, 3.63) is 68.5 Å². The number of halogens is 1. The first-order chi connectivity index (χ1) is 19.7. The molecule has 0 unspecified atom stereocenters. The van der Waals surface area contributed by atoms with E-state index in [1.807, 2.05) is 58.0 Å². The van der Waals surface area contributed by atoms with E-state index in [1.165, 1.54) is 0 Å². The first-order valence-corrected chi connectivity index (χ1v) is 14.6. The summed E-state index contributed by atoms with van der Waals surface area (Å²) < 4.78 is 28.9. The third kappa shape index (κ3) is 6.10. The first kappa shape index (κ1) is 30.5. The molecule has 0 aromatic heterocycles. The van der Waals surface area contributed by atoms with E-state index in [0.717, 1.165) is 16.8 Å². The second-order valence-corrected chi connectivity index (χ2v) is 11.1. The van der Waals surface area contributed by atoms with Gasteiger partial charge in [-0.2, -0.15) is 0 Å². The smallest absolute Gasteiger partial charge is 0.337 e. The van der Waals surface area contributed by atoms with Crippen molar-refractivity contribution in [3.8, 4) is 23.0 Å². The number of nitrogens with one attached hydrogen (secondary N) is 1. The highest BCUT2D eigenvalue weighted by molar-refractivity contribution is 9.10. The van der Waals surface area contributed by atoms with E-state index in [9.17, 15) is 9.59 Å². The van der Waals surface area contributed by atoms with Gasteiger partial charge in [0, 0.05) is 29.3 Å². The molecule has 2 aromatic carbocycles. The van der Waals surface area contributed by atoms with Gasteiger partial charge in [-0.3, -0.25) is 4.79 Å². The molecular weight excluding hydrogens is 590 g/mol. The molecular formula is C32H38BrNO7. The van der Waals surface area contributed by atoms with Crippen molar-refractivity contribution in [3.63, 3.8) is 0 Å². The van der Waals surface area contributed by atoms with Crippen LogP contribution in [0.2, 0.25) is 0 Å². The Morgan fingerprint density at radius 1 is 1.00 bits per heavy atom. The molecule has 9 heteroatoms. The SMILES string of the molecule is CCOc1cc([C@@H]2C(C(=O)O[C@H](C)CC)=C(C)NC3=C2C(=O)C[C@@H](c2ccc(OC)c(OC)c2)C3)cc(Br)c1OC. The number of dihydropyridines is 1. The number of esters is 1. The van der Waals surface area contributed by atoms with Gasteiger partial charge in [0.05, 0.1) is 44.1 Å². The van der Waals surface area contributed by atoms with Gasteiger partial charge in [-0.15, -0.1) is 0 Å². The Bertz CT molecular complexity index is 1400. The lowest BCUT2D eigenvalue weighted by Gasteiger charge is -2.37. The molecule has 4 rings (SSSR count). The fourth-order valence-corrected chi connectivity index (χ4v) is 6.15. The highest BCUT2D eigenvalue weighted by Gasteiger charge is 2.42. The number of Topliss-reactive ketones (excluding diaryl/α,β-unsaturated/α-hetero) is 1. The van der Waals surface area contributed by atoms with Crippen LogP contribution in [0.1, 0.15) is 69.9 Å². The lowest BCUT2D eigenvalue weighted by Crippen LogP contribution is -2.36. The van der Waals surface area contributed by atoms with Crippen LogP contribution in [-0.2, 0) is 14.3 Å². The molecule has 0 radical (unpaired) electrons. The number of hydrogen-bond acceptors (Lipinski definition) is 8. The molecule has 0 amide bonds. The zero-order chi connectivity index (χ0) is 29.8. The minimum absolute atomic E-state index is 0.0326. The molecule has 2 aliphatic rings. The largest absolute Gasteiger partial charge is 0.493 e. The topological polar surface area (TPSA) is 92.3 Å². The van der Waals surface area contributed by atoms with Crippen molar-refractivity contribution in [1.29, 1.82) is 0 Å². The molecule has 220 valence electrons. The second-order valence-electron chi connectivity index (χ2n) is 10.2. The van der Waals surface area contributed by atoms with Crippen molar-refractivity contribution in [2.24, 2.45) is 0 Å². The van der Waals surface area contributed by atoms with E-state index in [2.05, 4.69) is 21.2 Å². The summed E-state index contributed by atoms with van der Waals surface area (Å²) >= 11 is 3.61. The van der Waals surface area contributed by atoms with Crippen molar-refractivity contribution in [2.45, 2.75) is 64.9 Å². The Morgan fingerprint density at radius 2 is 1.71 bits per heavy atom. The maximum Gasteiger partial charge on any atom is 0.337 e. The molecule has 0 fully saturated rings. The lowest BCUT2D eigenvalue weighted by molar-refractivity contribution is -0.144. The summed E-state index contributed by atoms with van der Waals surface area (Å²) in [6.45, 7) is 8.00. The quantitative estimate of drug-likeness (QED) is 0.295. The second kappa shape index (κ2) is 13.0. The monoisotopic (exact) mass is 627 g/mol. The fraction of sp³-hybridized carbons (Fsp3) is 0.438. The number of methoxy groups -OCH3 is 3. The molecule has 1 aliphatic carbocycles. The van der Waals surface area contributed by atoms with Crippen LogP contribution in [0.4, 0.5) is 0 Å². The molecule has 0 bridgehead atoms. The molecule has 0 spiro atoms. The molecule has 1 N–H and O–H groups in total. The van der Waals surface area contributed by atoms with Crippen molar-refractivity contribution in [1.82, 2.24) is 5.32 Å². The number of allylic oxidation sites excluding steroid dienone is 3. The fourth-order valence-electron chi connectivity index (χ4n) is 5.53. The highest BCUT2D eigenvalue weighted by atomic mass is 79.9. The summed E-state index contributed by atoms with van der Waals surface area (Å²) in [5, 5.41) is 3.41. The maximum atomic E-state index is 14.0.